The van der Waals surface area contributed by atoms with Crippen LogP contribution in [0.1, 0.15) is 36.6 Å². The lowest BCUT2D eigenvalue weighted by Crippen LogP contribution is -2.29. The number of rotatable bonds is 3. The van der Waals surface area contributed by atoms with Crippen LogP contribution in [0.5, 0.6) is 0 Å². The molecule has 1 fully saturated rings. The van der Waals surface area contributed by atoms with Crippen molar-refractivity contribution < 1.29 is 4.42 Å². The average molecular weight is 179 g/mol. The van der Waals surface area contributed by atoms with Gasteiger partial charge in [-0.15, -0.1) is 0 Å². The Bertz CT molecular complexity index is 275. The van der Waals surface area contributed by atoms with Gasteiger partial charge in [-0.2, -0.15) is 0 Å². The maximum Gasteiger partial charge on any atom is 0.123 e. The van der Waals surface area contributed by atoms with Crippen LogP contribution in [0.3, 0.4) is 0 Å². The van der Waals surface area contributed by atoms with Crippen molar-refractivity contribution in [1.82, 2.24) is 5.32 Å². The molecule has 1 aromatic heterocycles. The van der Waals surface area contributed by atoms with Crippen molar-refractivity contribution in [3.05, 3.63) is 23.7 Å². The highest BCUT2D eigenvalue weighted by Gasteiger charge is 2.29. The topological polar surface area (TPSA) is 25.2 Å². The predicted molar refractivity (Wildman–Crippen MR) is 52.6 cm³/mol. The number of hydrogen-bond acceptors (Lipinski definition) is 2. The van der Waals surface area contributed by atoms with Crippen LogP contribution in [0.2, 0.25) is 0 Å². The molecular weight excluding hydrogens is 162 g/mol. The fraction of sp³-hybridized carbons (Fsp3) is 0.636. The monoisotopic (exact) mass is 179 g/mol. The van der Waals surface area contributed by atoms with Gasteiger partial charge in [-0.3, -0.25) is 0 Å². The Morgan fingerprint density at radius 3 is 2.69 bits per heavy atom. The second kappa shape index (κ2) is 3.54. The van der Waals surface area contributed by atoms with Gasteiger partial charge in [0.05, 0.1) is 12.3 Å². The largest absolute Gasteiger partial charge is 0.467 e. The third-order valence-electron chi connectivity index (χ3n) is 3.12. The lowest BCUT2D eigenvalue weighted by Gasteiger charge is -2.32. The van der Waals surface area contributed by atoms with Gasteiger partial charge < -0.3 is 9.73 Å². The summed E-state index contributed by atoms with van der Waals surface area (Å²) >= 11 is 0. The van der Waals surface area contributed by atoms with Crippen LogP contribution in [-0.2, 0) is 0 Å². The molecule has 1 saturated carbocycles. The third-order valence-corrected chi connectivity index (χ3v) is 3.12. The smallest absolute Gasteiger partial charge is 0.123 e. The molecule has 2 nitrogen and oxygen atoms in total. The molecule has 2 rings (SSSR count). The van der Waals surface area contributed by atoms with Gasteiger partial charge in [0.1, 0.15) is 5.76 Å². The maximum atomic E-state index is 5.51. The lowest BCUT2D eigenvalue weighted by atomic mass is 9.78. The van der Waals surface area contributed by atoms with Gasteiger partial charge in [-0.1, -0.05) is 6.42 Å². The Hall–Kier alpha value is -0.760. The zero-order valence-corrected chi connectivity index (χ0v) is 8.34. The van der Waals surface area contributed by atoms with Gasteiger partial charge >= 0.3 is 0 Å². The lowest BCUT2D eigenvalue weighted by molar-refractivity contribution is 0.215. The summed E-state index contributed by atoms with van der Waals surface area (Å²) in [6.07, 6.45) is 5.84. The van der Waals surface area contributed by atoms with Gasteiger partial charge in [0.2, 0.25) is 0 Å². The Balaban J connectivity index is 2.16. The van der Waals surface area contributed by atoms with E-state index in [0.29, 0.717) is 6.04 Å². The first-order valence-electron chi connectivity index (χ1n) is 5.04. The van der Waals surface area contributed by atoms with E-state index in [1.807, 2.05) is 13.1 Å². The van der Waals surface area contributed by atoms with E-state index in [0.717, 1.165) is 11.7 Å². The first kappa shape index (κ1) is 8.82. The van der Waals surface area contributed by atoms with Crippen LogP contribution in [0.25, 0.3) is 0 Å². The molecule has 1 aliphatic carbocycles. The highest BCUT2D eigenvalue weighted by Crippen LogP contribution is 2.38. The molecule has 0 saturated heterocycles. The third kappa shape index (κ3) is 1.51. The van der Waals surface area contributed by atoms with Crippen LogP contribution < -0.4 is 5.32 Å². The zero-order chi connectivity index (χ0) is 9.26. The van der Waals surface area contributed by atoms with Gasteiger partial charge in [0, 0.05) is 0 Å². The summed E-state index contributed by atoms with van der Waals surface area (Å²) in [5, 5.41) is 3.35. The molecule has 1 heterocycles. The van der Waals surface area contributed by atoms with Gasteiger partial charge in [0.25, 0.3) is 0 Å². The van der Waals surface area contributed by atoms with E-state index in [2.05, 4.69) is 12.2 Å². The Labute approximate surface area is 79.3 Å². The van der Waals surface area contributed by atoms with E-state index in [4.69, 9.17) is 4.42 Å². The highest BCUT2D eigenvalue weighted by molar-refractivity contribution is 5.19. The average Bonchev–Trinajstić information content (AvgIpc) is 2.43. The van der Waals surface area contributed by atoms with Crippen LogP contribution in [0.15, 0.2) is 16.7 Å². The summed E-state index contributed by atoms with van der Waals surface area (Å²) in [7, 11) is 2.02. The van der Waals surface area contributed by atoms with Crippen molar-refractivity contribution in [3.63, 3.8) is 0 Å². The normalized spacial score (nSPS) is 19.8. The van der Waals surface area contributed by atoms with Crippen molar-refractivity contribution in [1.29, 1.82) is 0 Å². The summed E-state index contributed by atoms with van der Waals surface area (Å²) in [5.41, 5.74) is 1.27. The number of nitrogens with one attached hydrogen (secondary N) is 1. The molecule has 1 N–H and O–H groups in total. The van der Waals surface area contributed by atoms with E-state index in [9.17, 15) is 0 Å². The summed E-state index contributed by atoms with van der Waals surface area (Å²) in [6.45, 7) is 2.11. The summed E-state index contributed by atoms with van der Waals surface area (Å²) in [6, 6.07) is 2.47. The molecule has 72 valence electrons. The molecule has 0 radical (unpaired) electrons. The Morgan fingerprint density at radius 2 is 2.31 bits per heavy atom. The minimum absolute atomic E-state index is 0.434. The van der Waals surface area contributed by atoms with Crippen molar-refractivity contribution in [2.45, 2.75) is 32.2 Å². The van der Waals surface area contributed by atoms with E-state index < -0.39 is 0 Å². The van der Waals surface area contributed by atoms with Crippen LogP contribution in [-0.4, -0.2) is 7.05 Å². The van der Waals surface area contributed by atoms with Crippen molar-refractivity contribution in [2.75, 3.05) is 7.05 Å². The molecule has 0 amide bonds. The van der Waals surface area contributed by atoms with Gasteiger partial charge in [-0.05, 0) is 44.4 Å². The maximum absolute atomic E-state index is 5.51. The molecule has 1 unspecified atom stereocenters. The van der Waals surface area contributed by atoms with Crippen molar-refractivity contribution >= 4 is 0 Å². The van der Waals surface area contributed by atoms with E-state index in [1.54, 1.807) is 6.26 Å². The number of hydrogen-bond donors (Lipinski definition) is 1. The molecule has 0 bridgehead atoms. The molecular formula is C11H17NO. The second-order valence-corrected chi connectivity index (χ2v) is 3.93. The van der Waals surface area contributed by atoms with Crippen LogP contribution >= 0.6 is 0 Å². The van der Waals surface area contributed by atoms with Crippen molar-refractivity contribution in [2.24, 2.45) is 5.92 Å². The molecule has 1 atom stereocenters. The molecule has 1 aliphatic rings. The molecule has 0 spiro atoms. The molecule has 2 heteroatoms. The first-order valence-corrected chi connectivity index (χ1v) is 5.04. The fourth-order valence-electron chi connectivity index (χ4n) is 2.06. The fourth-order valence-corrected chi connectivity index (χ4v) is 2.06. The number of furan rings is 1. The molecule has 13 heavy (non-hydrogen) atoms. The minimum Gasteiger partial charge on any atom is -0.467 e. The Kier molecular flexibility index (Phi) is 2.40. The van der Waals surface area contributed by atoms with Crippen LogP contribution in [0.4, 0.5) is 0 Å². The molecule has 0 aliphatic heterocycles. The van der Waals surface area contributed by atoms with Gasteiger partial charge in [0.15, 0.2) is 0 Å². The minimum atomic E-state index is 0.434. The standard InChI is InChI=1S/C11H17NO/c1-8-6-7-13-11(8)10(12-2)9-4-3-5-9/h6-7,9-10,12H,3-5H2,1-2H3. The SMILES string of the molecule is CNC(c1occc1C)C1CCC1. The number of aryl methyl sites for hydroxylation is 1. The summed E-state index contributed by atoms with van der Waals surface area (Å²) < 4.78 is 5.51. The van der Waals surface area contributed by atoms with Crippen LogP contribution in [0, 0.1) is 12.8 Å². The predicted octanol–water partition coefficient (Wildman–Crippen LogP) is 2.65. The first-order chi connectivity index (χ1) is 6.33. The van der Waals surface area contributed by atoms with E-state index in [1.165, 1.54) is 24.8 Å². The Morgan fingerprint density at radius 1 is 1.54 bits per heavy atom. The summed E-state index contributed by atoms with van der Waals surface area (Å²) in [4.78, 5) is 0. The highest BCUT2D eigenvalue weighted by atomic mass is 16.3. The van der Waals surface area contributed by atoms with E-state index in [-0.39, 0.29) is 0 Å². The quantitative estimate of drug-likeness (QED) is 0.771. The van der Waals surface area contributed by atoms with Crippen molar-refractivity contribution in [3.8, 4) is 0 Å². The van der Waals surface area contributed by atoms with E-state index >= 15 is 0 Å². The van der Waals surface area contributed by atoms with Gasteiger partial charge in [-0.25, -0.2) is 0 Å². The molecule has 1 aromatic rings. The zero-order valence-electron chi connectivity index (χ0n) is 8.34. The molecule has 0 aromatic carbocycles. The summed E-state index contributed by atoms with van der Waals surface area (Å²) in [5.74, 6) is 1.92. The second-order valence-electron chi connectivity index (χ2n) is 3.93.